The highest BCUT2D eigenvalue weighted by Crippen LogP contribution is 2.23. The highest BCUT2D eigenvalue weighted by Gasteiger charge is 2.21. The van der Waals surface area contributed by atoms with Crippen molar-refractivity contribution >= 4 is 27.3 Å². The summed E-state index contributed by atoms with van der Waals surface area (Å²) < 4.78 is 23.8. The second-order valence-electron chi connectivity index (χ2n) is 6.86. The lowest BCUT2D eigenvalue weighted by molar-refractivity contribution is 0.0745. The van der Waals surface area contributed by atoms with E-state index in [1.165, 1.54) is 18.2 Å². The summed E-state index contributed by atoms with van der Waals surface area (Å²) in [5.41, 5.74) is 2.30. The summed E-state index contributed by atoms with van der Waals surface area (Å²) in [7, 11) is -3.44. The Kier molecular flexibility index (Phi) is 6.72. The van der Waals surface area contributed by atoms with Gasteiger partial charge in [-0.3, -0.25) is 4.79 Å². The van der Waals surface area contributed by atoms with E-state index in [2.05, 4.69) is 0 Å². The molecule has 0 bridgehead atoms. The lowest BCUT2D eigenvalue weighted by Gasteiger charge is -2.24. The van der Waals surface area contributed by atoms with Crippen LogP contribution in [0.1, 0.15) is 21.5 Å². The van der Waals surface area contributed by atoms with Crippen LogP contribution in [0.2, 0.25) is 5.02 Å². The topological polar surface area (TPSA) is 54.5 Å². The first-order chi connectivity index (χ1) is 13.8. The Balaban J connectivity index is 1.91. The van der Waals surface area contributed by atoms with E-state index in [4.69, 9.17) is 11.6 Å². The lowest BCUT2D eigenvalue weighted by Crippen LogP contribution is -2.32. The van der Waals surface area contributed by atoms with Crippen molar-refractivity contribution in [3.63, 3.8) is 0 Å². The molecule has 0 spiro atoms. The molecular weight excluding hydrogens is 406 g/mol. The van der Waals surface area contributed by atoms with E-state index in [1.807, 2.05) is 60.7 Å². The number of amides is 1. The molecule has 0 saturated carbocycles. The number of nitrogens with zero attached hydrogens (tertiary/aromatic N) is 1. The molecule has 3 aromatic carbocycles. The van der Waals surface area contributed by atoms with Gasteiger partial charge in [0.25, 0.3) is 5.91 Å². The Morgan fingerprint density at radius 2 is 1.48 bits per heavy atom. The van der Waals surface area contributed by atoms with Gasteiger partial charge in [-0.1, -0.05) is 72.3 Å². The van der Waals surface area contributed by atoms with Gasteiger partial charge >= 0.3 is 0 Å². The number of sulfone groups is 1. The van der Waals surface area contributed by atoms with Crippen LogP contribution in [0.25, 0.3) is 0 Å². The largest absolute Gasteiger partial charge is 0.334 e. The molecule has 0 fully saturated rings. The number of rotatable bonds is 7. The fourth-order valence-corrected chi connectivity index (χ4v) is 3.88. The van der Waals surface area contributed by atoms with Gasteiger partial charge in [0.2, 0.25) is 0 Å². The second-order valence-corrected chi connectivity index (χ2v) is 9.28. The van der Waals surface area contributed by atoms with Crippen LogP contribution in [0, 0.1) is 0 Å². The summed E-state index contributed by atoms with van der Waals surface area (Å²) in [6.45, 7) is 0.892. The number of halogens is 1. The molecule has 29 heavy (non-hydrogen) atoms. The summed E-state index contributed by atoms with van der Waals surface area (Å²) in [5, 5.41) is 0.236. The molecule has 0 aromatic heterocycles. The van der Waals surface area contributed by atoms with Crippen molar-refractivity contribution in [3.05, 3.63) is 101 Å². The third-order valence-corrected chi connectivity index (χ3v) is 6.05. The molecule has 6 heteroatoms. The first-order valence-electron chi connectivity index (χ1n) is 9.21. The number of benzene rings is 3. The second kappa shape index (κ2) is 9.25. The maximum atomic E-state index is 13.3. The van der Waals surface area contributed by atoms with E-state index < -0.39 is 9.84 Å². The number of carbonyl (C=O) groups excluding carboxylic acids is 1. The fraction of sp³-hybridized carbons (Fsp3) is 0.174. The number of hydrogen-bond donors (Lipinski definition) is 0. The molecule has 0 unspecified atom stereocenters. The van der Waals surface area contributed by atoms with Gasteiger partial charge in [0, 0.05) is 19.3 Å². The van der Waals surface area contributed by atoms with Gasteiger partial charge in [-0.25, -0.2) is 8.42 Å². The summed E-state index contributed by atoms with van der Waals surface area (Å²) in [6.07, 6.45) is 1.80. The molecule has 0 aliphatic heterocycles. The molecule has 0 atom stereocenters. The van der Waals surface area contributed by atoms with Gasteiger partial charge in [-0.05, 0) is 35.7 Å². The quantitative estimate of drug-likeness (QED) is 0.552. The lowest BCUT2D eigenvalue weighted by atomic mass is 10.1. The van der Waals surface area contributed by atoms with Crippen molar-refractivity contribution in [1.82, 2.24) is 4.90 Å². The Morgan fingerprint density at radius 3 is 2.07 bits per heavy atom. The summed E-state index contributed by atoms with van der Waals surface area (Å²) in [4.78, 5) is 15.1. The molecule has 0 aliphatic rings. The third-order valence-electron chi connectivity index (χ3n) is 4.61. The molecule has 3 rings (SSSR count). The van der Waals surface area contributed by atoms with Gasteiger partial charge in [0.05, 0.1) is 15.5 Å². The first-order valence-corrected chi connectivity index (χ1v) is 11.5. The van der Waals surface area contributed by atoms with Crippen LogP contribution in [-0.4, -0.2) is 32.0 Å². The average molecular weight is 428 g/mol. The van der Waals surface area contributed by atoms with Crippen molar-refractivity contribution < 1.29 is 13.2 Å². The molecule has 0 aliphatic carbocycles. The van der Waals surface area contributed by atoms with E-state index in [-0.39, 0.29) is 21.4 Å². The molecule has 4 nitrogen and oxygen atoms in total. The molecule has 0 heterocycles. The van der Waals surface area contributed by atoms with Crippen LogP contribution in [0.3, 0.4) is 0 Å². The van der Waals surface area contributed by atoms with Crippen molar-refractivity contribution in [3.8, 4) is 0 Å². The van der Waals surface area contributed by atoms with Crippen molar-refractivity contribution in [2.45, 2.75) is 17.9 Å². The number of hydrogen-bond acceptors (Lipinski definition) is 3. The van der Waals surface area contributed by atoms with Gasteiger partial charge < -0.3 is 4.90 Å². The van der Waals surface area contributed by atoms with Gasteiger partial charge in [-0.2, -0.15) is 0 Å². The molecule has 150 valence electrons. The minimum atomic E-state index is -3.44. The Morgan fingerprint density at radius 1 is 0.897 bits per heavy atom. The van der Waals surface area contributed by atoms with Crippen LogP contribution >= 0.6 is 11.6 Å². The zero-order chi connectivity index (χ0) is 20.9. The molecule has 0 radical (unpaired) electrons. The maximum Gasteiger partial charge on any atom is 0.255 e. The highest BCUT2D eigenvalue weighted by molar-refractivity contribution is 7.90. The average Bonchev–Trinajstić information content (AvgIpc) is 2.71. The minimum Gasteiger partial charge on any atom is -0.334 e. The van der Waals surface area contributed by atoms with Crippen LogP contribution < -0.4 is 0 Å². The Hall–Kier alpha value is -2.63. The van der Waals surface area contributed by atoms with Crippen LogP contribution in [-0.2, 0) is 22.8 Å². The Labute approximate surface area is 176 Å². The smallest absolute Gasteiger partial charge is 0.255 e. The molecule has 1 amide bonds. The van der Waals surface area contributed by atoms with E-state index in [0.717, 1.165) is 17.4 Å². The van der Waals surface area contributed by atoms with E-state index >= 15 is 0 Å². The molecule has 3 aromatic rings. The van der Waals surface area contributed by atoms with E-state index in [9.17, 15) is 13.2 Å². The predicted octanol–water partition coefficient (Wildman–Crippen LogP) is 4.63. The van der Waals surface area contributed by atoms with Crippen LogP contribution in [0.5, 0.6) is 0 Å². The summed E-state index contributed by atoms with van der Waals surface area (Å²) in [5.74, 6) is -0.291. The first kappa shape index (κ1) is 21.1. The van der Waals surface area contributed by atoms with Crippen LogP contribution in [0.15, 0.2) is 83.8 Å². The van der Waals surface area contributed by atoms with Crippen LogP contribution in [0.4, 0.5) is 0 Å². The SMILES string of the molecule is CS(=O)(=O)c1ccc(Cl)c(C(=O)N(CCc2ccccc2)Cc2ccccc2)c1. The van der Waals surface area contributed by atoms with E-state index in [1.54, 1.807) is 4.90 Å². The minimum absolute atomic E-state index is 0.0768. The summed E-state index contributed by atoms with van der Waals surface area (Å²) in [6, 6.07) is 23.8. The molecule has 0 N–H and O–H groups in total. The van der Waals surface area contributed by atoms with Gasteiger partial charge in [0.1, 0.15) is 0 Å². The highest BCUT2D eigenvalue weighted by atomic mass is 35.5. The van der Waals surface area contributed by atoms with Gasteiger partial charge in [0.15, 0.2) is 9.84 Å². The Bertz CT molecular complexity index is 1080. The monoisotopic (exact) mass is 427 g/mol. The predicted molar refractivity (Wildman–Crippen MR) is 116 cm³/mol. The standard InChI is InChI=1S/C23H22ClNO3S/c1-29(27,28)20-12-13-22(24)21(16-20)23(26)25(17-19-10-6-3-7-11-19)15-14-18-8-4-2-5-9-18/h2-13,16H,14-15,17H2,1H3. The number of carbonyl (C=O) groups is 1. The molecular formula is C23H22ClNO3S. The van der Waals surface area contributed by atoms with Crippen molar-refractivity contribution in [1.29, 1.82) is 0 Å². The zero-order valence-corrected chi connectivity index (χ0v) is 17.7. The zero-order valence-electron chi connectivity index (χ0n) is 16.1. The van der Waals surface area contributed by atoms with Crippen molar-refractivity contribution in [2.75, 3.05) is 12.8 Å². The normalized spacial score (nSPS) is 11.2. The third kappa shape index (κ3) is 5.68. The maximum absolute atomic E-state index is 13.3. The fourth-order valence-electron chi connectivity index (χ4n) is 3.03. The van der Waals surface area contributed by atoms with E-state index in [0.29, 0.717) is 19.5 Å². The van der Waals surface area contributed by atoms with Gasteiger partial charge in [-0.15, -0.1) is 0 Å². The molecule has 0 saturated heterocycles. The van der Waals surface area contributed by atoms with Crippen molar-refractivity contribution in [2.24, 2.45) is 0 Å². The summed E-state index contributed by atoms with van der Waals surface area (Å²) >= 11 is 6.26.